The van der Waals surface area contributed by atoms with Crippen LogP contribution in [-0.4, -0.2) is 18.7 Å². The third-order valence-corrected chi connectivity index (χ3v) is 3.42. The molecule has 3 nitrogen and oxygen atoms in total. The Hall–Kier alpha value is -1.51. The average molecular weight is 234 g/mol. The van der Waals surface area contributed by atoms with Gasteiger partial charge in [-0.25, -0.2) is 4.79 Å². The molecule has 0 aliphatic carbocycles. The molecule has 1 aromatic rings. The van der Waals surface area contributed by atoms with Gasteiger partial charge in [-0.15, -0.1) is 0 Å². The van der Waals surface area contributed by atoms with Crippen LogP contribution in [-0.2, 0) is 16.0 Å². The van der Waals surface area contributed by atoms with Crippen LogP contribution in [0.25, 0.3) is 0 Å². The Bertz CT molecular complexity index is 418. The van der Waals surface area contributed by atoms with Gasteiger partial charge in [0.05, 0.1) is 7.11 Å². The molecule has 17 heavy (non-hydrogen) atoms. The van der Waals surface area contributed by atoms with Crippen LogP contribution in [0.1, 0.15) is 26.3 Å². The van der Waals surface area contributed by atoms with E-state index in [1.54, 1.807) is 0 Å². The Labute approximate surface area is 102 Å². The van der Waals surface area contributed by atoms with Gasteiger partial charge in [0.15, 0.2) is 0 Å². The topological polar surface area (TPSA) is 35.5 Å². The molecule has 0 bridgehead atoms. The van der Waals surface area contributed by atoms with Gasteiger partial charge in [-0.05, 0) is 11.6 Å². The van der Waals surface area contributed by atoms with E-state index in [4.69, 9.17) is 9.47 Å². The number of para-hydroxylation sites is 1. The Morgan fingerprint density at radius 1 is 1.35 bits per heavy atom. The van der Waals surface area contributed by atoms with Crippen molar-refractivity contribution in [3.63, 3.8) is 0 Å². The quantitative estimate of drug-likeness (QED) is 0.701. The second-order valence-corrected chi connectivity index (χ2v) is 5.46. The number of ether oxygens (including phenoxy) is 2. The van der Waals surface area contributed by atoms with Crippen LogP contribution < -0.4 is 4.74 Å². The molecular formula is C14H18O3. The van der Waals surface area contributed by atoms with Gasteiger partial charge in [0.1, 0.15) is 5.75 Å². The SMILES string of the molecule is COC(=O)[C@@]1(C(C)(C)C)Cc2ccccc2O1. The van der Waals surface area contributed by atoms with E-state index in [1.807, 2.05) is 45.0 Å². The van der Waals surface area contributed by atoms with E-state index >= 15 is 0 Å². The van der Waals surface area contributed by atoms with Crippen molar-refractivity contribution in [2.45, 2.75) is 32.8 Å². The van der Waals surface area contributed by atoms with Crippen LogP contribution in [0.3, 0.4) is 0 Å². The molecule has 0 aromatic heterocycles. The summed E-state index contributed by atoms with van der Waals surface area (Å²) in [7, 11) is 1.40. The van der Waals surface area contributed by atoms with Crippen molar-refractivity contribution in [2.75, 3.05) is 7.11 Å². The normalized spacial score (nSPS) is 22.8. The zero-order valence-corrected chi connectivity index (χ0v) is 10.7. The van der Waals surface area contributed by atoms with Crippen LogP contribution in [0.15, 0.2) is 24.3 Å². The van der Waals surface area contributed by atoms with Gasteiger partial charge in [0, 0.05) is 11.8 Å². The molecule has 1 aromatic carbocycles. The molecule has 92 valence electrons. The van der Waals surface area contributed by atoms with Crippen LogP contribution in [0.2, 0.25) is 0 Å². The molecule has 0 saturated heterocycles. The van der Waals surface area contributed by atoms with Crippen LogP contribution in [0, 0.1) is 5.41 Å². The summed E-state index contributed by atoms with van der Waals surface area (Å²) in [5, 5.41) is 0. The first-order valence-electron chi connectivity index (χ1n) is 5.76. The van der Waals surface area contributed by atoms with E-state index in [-0.39, 0.29) is 11.4 Å². The first kappa shape index (κ1) is 12.0. The number of carbonyl (C=O) groups is 1. The van der Waals surface area contributed by atoms with E-state index in [0.717, 1.165) is 11.3 Å². The second kappa shape index (κ2) is 3.76. The van der Waals surface area contributed by atoms with Crippen molar-refractivity contribution >= 4 is 5.97 Å². The lowest BCUT2D eigenvalue weighted by Crippen LogP contribution is -2.54. The minimum absolute atomic E-state index is 0.304. The van der Waals surface area contributed by atoms with Gasteiger partial charge in [-0.1, -0.05) is 39.0 Å². The maximum atomic E-state index is 12.1. The molecule has 0 fully saturated rings. The van der Waals surface area contributed by atoms with E-state index in [1.165, 1.54) is 7.11 Å². The van der Waals surface area contributed by atoms with E-state index < -0.39 is 5.60 Å². The minimum Gasteiger partial charge on any atom is -0.474 e. The van der Waals surface area contributed by atoms with Crippen LogP contribution in [0.5, 0.6) is 5.75 Å². The summed E-state index contributed by atoms with van der Waals surface area (Å²) in [5.41, 5.74) is -0.169. The molecule has 0 amide bonds. The second-order valence-electron chi connectivity index (χ2n) is 5.46. The number of rotatable bonds is 1. The summed E-state index contributed by atoms with van der Waals surface area (Å²) >= 11 is 0. The Balaban J connectivity index is 2.46. The molecule has 0 saturated carbocycles. The summed E-state index contributed by atoms with van der Waals surface area (Å²) in [6.07, 6.45) is 0.569. The van der Waals surface area contributed by atoms with Gasteiger partial charge in [0.2, 0.25) is 5.60 Å². The Kier molecular flexibility index (Phi) is 2.64. The molecule has 0 unspecified atom stereocenters. The first-order chi connectivity index (χ1) is 7.90. The molecule has 0 spiro atoms. The maximum Gasteiger partial charge on any atom is 0.351 e. The first-order valence-corrected chi connectivity index (χ1v) is 5.76. The zero-order chi connectivity index (χ0) is 12.7. The molecule has 1 heterocycles. The highest BCUT2D eigenvalue weighted by molar-refractivity contribution is 5.83. The fourth-order valence-corrected chi connectivity index (χ4v) is 2.24. The molecule has 1 aliphatic rings. The molecule has 2 rings (SSSR count). The summed E-state index contributed by atoms with van der Waals surface area (Å²) in [5.74, 6) is 0.481. The number of hydrogen-bond donors (Lipinski definition) is 0. The smallest absolute Gasteiger partial charge is 0.351 e. The summed E-state index contributed by atoms with van der Waals surface area (Å²) < 4.78 is 10.9. The third-order valence-electron chi connectivity index (χ3n) is 3.42. The van der Waals surface area contributed by atoms with E-state index in [2.05, 4.69) is 0 Å². The van der Waals surface area contributed by atoms with Crippen LogP contribution in [0.4, 0.5) is 0 Å². The Morgan fingerprint density at radius 3 is 2.53 bits per heavy atom. The van der Waals surface area contributed by atoms with Crippen molar-refractivity contribution < 1.29 is 14.3 Å². The highest BCUT2D eigenvalue weighted by atomic mass is 16.6. The molecule has 0 radical (unpaired) electrons. The average Bonchev–Trinajstić information content (AvgIpc) is 2.67. The number of benzene rings is 1. The predicted octanol–water partition coefficient (Wildman–Crippen LogP) is 2.58. The predicted molar refractivity (Wildman–Crippen MR) is 65.0 cm³/mol. The van der Waals surface area contributed by atoms with Crippen LogP contribution >= 0.6 is 0 Å². The number of carbonyl (C=O) groups excluding carboxylic acids is 1. The highest BCUT2D eigenvalue weighted by Gasteiger charge is 2.55. The molecule has 0 N–H and O–H groups in total. The molecule has 1 aliphatic heterocycles. The molecule has 3 heteroatoms. The number of methoxy groups -OCH3 is 1. The van der Waals surface area contributed by atoms with Crippen molar-refractivity contribution in [3.05, 3.63) is 29.8 Å². The lowest BCUT2D eigenvalue weighted by atomic mass is 9.74. The maximum absolute atomic E-state index is 12.1. The lowest BCUT2D eigenvalue weighted by molar-refractivity contribution is -0.167. The summed E-state index contributed by atoms with van der Waals surface area (Å²) in [6, 6.07) is 7.75. The van der Waals surface area contributed by atoms with Gasteiger partial charge >= 0.3 is 5.97 Å². The van der Waals surface area contributed by atoms with Crippen molar-refractivity contribution in [3.8, 4) is 5.75 Å². The summed E-state index contributed by atoms with van der Waals surface area (Å²) in [4.78, 5) is 12.1. The van der Waals surface area contributed by atoms with Gasteiger partial charge in [0.25, 0.3) is 0 Å². The summed E-state index contributed by atoms with van der Waals surface area (Å²) in [6.45, 7) is 5.99. The number of fused-ring (bicyclic) bond motifs is 1. The van der Waals surface area contributed by atoms with Gasteiger partial charge < -0.3 is 9.47 Å². The fourth-order valence-electron chi connectivity index (χ4n) is 2.24. The largest absolute Gasteiger partial charge is 0.474 e. The molecular weight excluding hydrogens is 216 g/mol. The number of hydrogen-bond acceptors (Lipinski definition) is 3. The fraction of sp³-hybridized carbons (Fsp3) is 0.500. The molecule has 1 atom stereocenters. The zero-order valence-electron chi connectivity index (χ0n) is 10.7. The van der Waals surface area contributed by atoms with E-state index in [9.17, 15) is 4.79 Å². The third kappa shape index (κ3) is 1.70. The van der Waals surface area contributed by atoms with E-state index in [0.29, 0.717) is 6.42 Å². The monoisotopic (exact) mass is 234 g/mol. The van der Waals surface area contributed by atoms with Gasteiger partial charge in [-0.3, -0.25) is 0 Å². The highest BCUT2D eigenvalue weighted by Crippen LogP contribution is 2.45. The van der Waals surface area contributed by atoms with Crippen molar-refractivity contribution in [2.24, 2.45) is 5.41 Å². The van der Waals surface area contributed by atoms with Crippen molar-refractivity contribution in [1.29, 1.82) is 0 Å². The van der Waals surface area contributed by atoms with Gasteiger partial charge in [-0.2, -0.15) is 0 Å². The Morgan fingerprint density at radius 2 is 2.00 bits per heavy atom. The van der Waals surface area contributed by atoms with Crippen molar-refractivity contribution in [1.82, 2.24) is 0 Å². The number of esters is 1. The lowest BCUT2D eigenvalue weighted by Gasteiger charge is -2.37. The standard InChI is InChI=1S/C14H18O3/c1-13(2,3)14(12(15)16-4)9-10-7-5-6-8-11(10)17-14/h5-8H,9H2,1-4H3/t14-/m1/s1. The minimum atomic E-state index is -0.911.